The summed E-state index contributed by atoms with van der Waals surface area (Å²) in [6.07, 6.45) is 2.32. The molecule has 1 aromatic rings. The minimum atomic E-state index is 1.08. The van der Waals surface area contributed by atoms with Crippen molar-refractivity contribution in [3.63, 3.8) is 0 Å². The van der Waals surface area contributed by atoms with Crippen LogP contribution in [0.15, 0.2) is 18.2 Å². The fraction of sp³-hybridized carbons (Fsp3) is 0.571. The Balaban J connectivity index is 2.19. The normalized spacial score (nSPS) is 10.7. The lowest BCUT2D eigenvalue weighted by atomic mass is 10.0. The highest BCUT2D eigenvalue weighted by Crippen LogP contribution is 2.09. The van der Waals surface area contributed by atoms with Crippen molar-refractivity contribution in [1.29, 1.82) is 0 Å². The predicted molar refractivity (Wildman–Crippen MR) is 71.0 cm³/mol. The minimum absolute atomic E-state index is 1.08. The van der Waals surface area contributed by atoms with Crippen LogP contribution in [-0.2, 0) is 6.42 Å². The van der Waals surface area contributed by atoms with E-state index in [9.17, 15) is 0 Å². The molecule has 0 aliphatic heterocycles. The monoisotopic (exact) mass is 220 g/mol. The summed E-state index contributed by atoms with van der Waals surface area (Å²) in [6, 6.07) is 6.74. The first-order chi connectivity index (χ1) is 7.74. The molecule has 2 heteroatoms. The predicted octanol–water partition coefficient (Wildman–Crippen LogP) is 2.05. The van der Waals surface area contributed by atoms with Gasteiger partial charge in [-0.15, -0.1) is 0 Å². The van der Waals surface area contributed by atoms with Crippen LogP contribution in [0.3, 0.4) is 0 Å². The van der Waals surface area contributed by atoms with Crippen molar-refractivity contribution in [2.45, 2.75) is 26.7 Å². The Hall–Kier alpha value is -0.860. The molecule has 0 heterocycles. The molecule has 1 rings (SSSR count). The van der Waals surface area contributed by atoms with Crippen molar-refractivity contribution >= 4 is 0 Å². The van der Waals surface area contributed by atoms with Crippen molar-refractivity contribution in [2.75, 3.05) is 26.7 Å². The lowest BCUT2D eigenvalue weighted by molar-refractivity contribution is 0.625. The van der Waals surface area contributed by atoms with E-state index in [0.29, 0.717) is 0 Å². The Morgan fingerprint density at radius 2 is 1.81 bits per heavy atom. The van der Waals surface area contributed by atoms with Gasteiger partial charge in [0.1, 0.15) is 0 Å². The van der Waals surface area contributed by atoms with Gasteiger partial charge in [-0.2, -0.15) is 0 Å². The average Bonchev–Trinajstić information content (AvgIpc) is 2.28. The number of benzene rings is 1. The SMILES string of the molecule is CNCCCNCCc1ccc(C)c(C)c1. The van der Waals surface area contributed by atoms with Gasteiger partial charge >= 0.3 is 0 Å². The Morgan fingerprint density at radius 1 is 1.00 bits per heavy atom. The molecule has 16 heavy (non-hydrogen) atoms. The van der Waals surface area contributed by atoms with E-state index < -0.39 is 0 Å². The van der Waals surface area contributed by atoms with E-state index in [1.807, 2.05) is 7.05 Å². The Bertz CT molecular complexity index is 308. The van der Waals surface area contributed by atoms with E-state index in [2.05, 4.69) is 42.7 Å². The number of hydrogen-bond acceptors (Lipinski definition) is 2. The highest BCUT2D eigenvalue weighted by atomic mass is 14.9. The minimum Gasteiger partial charge on any atom is -0.320 e. The molecular formula is C14H24N2. The molecule has 0 spiro atoms. The first-order valence-corrected chi connectivity index (χ1v) is 6.15. The molecule has 0 aromatic heterocycles. The molecule has 1 aromatic carbocycles. The summed E-state index contributed by atoms with van der Waals surface area (Å²) in [5, 5.41) is 6.61. The summed E-state index contributed by atoms with van der Waals surface area (Å²) in [6.45, 7) is 7.61. The fourth-order valence-corrected chi connectivity index (χ4v) is 1.71. The van der Waals surface area contributed by atoms with E-state index in [1.165, 1.54) is 23.1 Å². The van der Waals surface area contributed by atoms with Gasteiger partial charge in [0.2, 0.25) is 0 Å². The molecule has 0 bridgehead atoms. The Morgan fingerprint density at radius 3 is 2.50 bits per heavy atom. The number of rotatable bonds is 7. The lowest BCUT2D eigenvalue weighted by Gasteiger charge is -2.07. The molecule has 2 N–H and O–H groups in total. The van der Waals surface area contributed by atoms with Crippen molar-refractivity contribution in [1.82, 2.24) is 10.6 Å². The van der Waals surface area contributed by atoms with Gasteiger partial charge in [-0.05, 0) is 70.1 Å². The molecule has 0 saturated heterocycles. The second-order valence-corrected chi connectivity index (χ2v) is 4.38. The first-order valence-electron chi connectivity index (χ1n) is 6.15. The van der Waals surface area contributed by atoms with Crippen LogP contribution in [-0.4, -0.2) is 26.7 Å². The zero-order valence-electron chi connectivity index (χ0n) is 10.8. The molecule has 0 unspecified atom stereocenters. The molecular weight excluding hydrogens is 196 g/mol. The van der Waals surface area contributed by atoms with Gasteiger partial charge in [0.15, 0.2) is 0 Å². The van der Waals surface area contributed by atoms with E-state index in [4.69, 9.17) is 0 Å². The highest BCUT2D eigenvalue weighted by Gasteiger charge is 1.96. The third-order valence-electron chi connectivity index (χ3n) is 2.94. The first kappa shape index (κ1) is 13.2. The van der Waals surface area contributed by atoms with Gasteiger partial charge in [0.05, 0.1) is 0 Å². The maximum atomic E-state index is 3.46. The largest absolute Gasteiger partial charge is 0.320 e. The van der Waals surface area contributed by atoms with Gasteiger partial charge in [-0.25, -0.2) is 0 Å². The van der Waals surface area contributed by atoms with E-state index in [0.717, 1.165) is 26.1 Å². The van der Waals surface area contributed by atoms with Crippen LogP contribution in [0.4, 0.5) is 0 Å². The molecule has 0 radical (unpaired) electrons. The van der Waals surface area contributed by atoms with Crippen LogP contribution in [0, 0.1) is 13.8 Å². The summed E-state index contributed by atoms with van der Waals surface area (Å²) < 4.78 is 0. The summed E-state index contributed by atoms with van der Waals surface area (Å²) in [4.78, 5) is 0. The van der Waals surface area contributed by atoms with Gasteiger partial charge in [0.25, 0.3) is 0 Å². The average molecular weight is 220 g/mol. The Kier molecular flexibility index (Phi) is 6.12. The van der Waals surface area contributed by atoms with E-state index >= 15 is 0 Å². The fourth-order valence-electron chi connectivity index (χ4n) is 1.71. The molecule has 0 saturated carbocycles. The molecule has 0 aliphatic carbocycles. The summed E-state index contributed by atoms with van der Waals surface area (Å²) in [5.41, 5.74) is 4.21. The smallest absolute Gasteiger partial charge is 0.000834 e. The van der Waals surface area contributed by atoms with Crippen molar-refractivity contribution in [3.8, 4) is 0 Å². The van der Waals surface area contributed by atoms with Crippen LogP contribution < -0.4 is 10.6 Å². The van der Waals surface area contributed by atoms with Crippen LogP contribution in [0.1, 0.15) is 23.1 Å². The Labute approximate surface area is 99.5 Å². The van der Waals surface area contributed by atoms with Crippen LogP contribution in [0.25, 0.3) is 0 Å². The highest BCUT2D eigenvalue weighted by molar-refractivity contribution is 5.29. The van der Waals surface area contributed by atoms with Gasteiger partial charge in [0, 0.05) is 0 Å². The molecule has 0 aliphatic rings. The third-order valence-corrected chi connectivity index (χ3v) is 2.94. The third kappa shape index (κ3) is 4.77. The number of hydrogen-bond donors (Lipinski definition) is 2. The van der Waals surface area contributed by atoms with Gasteiger partial charge in [-0.1, -0.05) is 18.2 Å². The molecule has 0 fully saturated rings. The van der Waals surface area contributed by atoms with Gasteiger partial charge in [-0.3, -0.25) is 0 Å². The van der Waals surface area contributed by atoms with Crippen LogP contribution >= 0.6 is 0 Å². The number of nitrogens with one attached hydrogen (secondary N) is 2. The summed E-state index contributed by atoms with van der Waals surface area (Å²) in [7, 11) is 2.00. The molecule has 0 atom stereocenters. The summed E-state index contributed by atoms with van der Waals surface area (Å²) in [5.74, 6) is 0. The maximum absolute atomic E-state index is 3.46. The lowest BCUT2D eigenvalue weighted by Crippen LogP contribution is -2.21. The van der Waals surface area contributed by atoms with Crippen molar-refractivity contribution in [3.05, 3.63) is 34.9 Å². The standard InChI is InChI=1S/C14H24N2/c1-12-5-6-14(11-13(12)2)7-10-16-9-4-8-15-3/h5-6,11,15-16H,4,7-10H2,1-3H3. The van der Waals surface area contributed by atoms with E-state index in [1.54, 1.807) is 0 Å². The quantitative estimate of drug-likeness (QED) is 0.687. The van der Waals surface area contributed by atoms with Gasteiger partial charge < -0.3 is 10.6 Å². The topological polar surface area (TPSA) is 24.1 Å². The maximum Gasteiger partial charge on any atom is -0.000834 e. The molecule has 90 valence electrons. The number of aryl methyl sites for hydroxylation is 2. The zero-order valence-corrected chi connectivity index (χ0v) is 10.8. The zero-order chi connectivity index (χ0) is 11.8. The second-order valence-electron chi connectivity index (χ2n) is 4.38. The molecule has 2 nitrogen and oxygen atoms in total. The second kappa shape index (κ2) is 7.42. The van der Waals surface area contributed by atoms with Crippen molar-refractivity contribution < 1.29 is 0 Å². The molecule has 0 amide bonds. The van der Waals surface area contributed by atoms with Crippen molar-refractivity contribution in [2.24, 2.45) is 0 Å². The van der Waals surface area contributed by atoms with Crippen LogP contribution in [0.5, 0.6) is 0 Å². The summed E-state index contributed by atoms with van der Waals surface area (Å²) >= 11 is 0. The van der Waals surface area contributed by atoms with E-state index in [-0.39, 0.29) is 0 Å². The van der Waals surface area contributed by atoms with Crippen LogP contribution in [0.2, 0.25) is 0 Å².